The Kier molecular flexibility index (Phi) is 2.15. The van der Waals surface area contributed by atoms with Crippen molar-refractivity contribution in [2.45, 2.75) is 19.3 Å². The number of benzene rings is 1. The van der Waals surface area contributed by atoms with Crippen LogP contribution in [0.5, 0.6) is 0 Å². The summed E-state index contributed by atoms with van der Waals surface area (Å²) in [5, 5.41) is 13.2. The second-order valence-corrected chi connectivity index (χ2v) is 3.48. The molecule has 0 fully saturated rings. The molecule has 1 amide bonds. The molecule has 1 aliphatic rings. The first-order chi connectivity index (χ1) is 7.13. The van der Waals surface area contributed by atoms with Crippen LogP contribution in [-0.4, -0.2) is 10.8 Å². The Morgan fingerprint density at radius 3 is 2.87 bits per heavy atom. The van der Waals surface area contributed by atoms with E-state index in [0.29, 0.717) is 12.1 Å². The molecule has 1 aromatic rings. The monoisotopic (exact) mass is 206 g/mol. The number of hydrogen-bond donors (Lipinski definition) is 1. The lowest BCUT2D eigenvalue weighted by molar-refractivity contribution is -0.384. The largest absolute Gasteiger partial charge is 0.325 e. The van der Waals surface area contributed by atoms with Gasteiger partial charge in [-0.1, -0.05) is 6.92 Å². The van der Waals surface area contributed by atoms with Gasteiger partial charge < -0.3 is 5.32 Å². The van der Waals surface area contributed by atoms with Gasteiger partial charge in [0.05, 0.1) is 16.5 Å². The standard InChI is InChI=1S/C10H10N2O3/c1-2-7-8-4-3-6(12(14)15)5-9(8)11-10(7)13/h3-5,7H,2H2,1H3,(H,11,13). The topological polar surface area (TPSA) is 72.2 Å². The predicted molar refractivity (Wildman–Crippen MR) is 54.8 cm³/mol. The first-order valence-electron chi connectivity index (χ1n) is 4.72. The molecule has 0 saturated heterocycles. The zero-order chi connectivity index (χ0) is 11.0. The molecule has 1 aromatic carbocycles. The molecule has 0 bridgehead atoms. The van der Waals surface area contributed by atoms with Gasteiger partial charge in [-0.05, 0) is 18.1 Å². The highest BCUT2D eigenvalue weighted by Gasteiger charge is 2.29. The highest BCUT2D eigenvalue weighted by Crippen LogP contribution is 2.36. The summed E-state index contributed by atoms with van der Waals surface area (Å²) in [7, 11) is 0. The van der Waals surface area contributed by atoms with Gasteiger partial charge in [0.1, 0.15) is 0 Å². The molecule has 1 aliphatic heterocycles. The summed E-state index contributed by atoms with van der Waals surface area (Å²) in [6.07, 6.45) is 0.705. The third-order valence-corrected chi connectivity index (χ3v) is 2.61. The number of nitrogens with one attached hydrogen (secondary N) is 1. The van der Waals surface area contributed by atoms with E-state index in [1.165, 1.54) is 12.1 Å². The van der Waals surface area contributed by atoms with Crippen LogP contribution in [0.3, 0.4) is 0 Å². The highest BCUT2D eigenvalue weighted by molar-refractivity contribution is 6.03. The molecular formula is C10H10N2O3. The van der Waals surface area contributed by atoms with E-state index in [4.69, 9.17) is 0 Å². The van der Waals surface area contributed by atoms with Gasteiger partial charge in [-0.15, -0.1) is 0 Å². The van der Waals surface area contributed by atoms with E-state index < -0.39 is 4.92 Å². The zero-order valence-electron chi connectivity index (χ0n) is 8.19. The maximum Gasteiger partial charge on any atom is 0.271 e. The molecule has 0 spiro atoms. The predicted octanol–water partition coefficient (Wildman–Crippen LogP) is 2.04. The number of fused-ring (bicyclic) bond motifs is 1. The molecule has 5 nitrogen and oxygen atoms in total. The molecule has 0 saturated carbocycles. The Morgan fingerprint density at radius 2 is 2.27 bits per heavy atom. The number of carbonyl (C=O) groups excluding carboxylic acids is 1. The number of nitrogens with zero attached hydrogens (tertiary/aromatic N) is 1. The average molecular weight is 206 g/mol. The van der Waals surface area contributed by atoms with Crippen molar-refractivity contribution in [1.29, 1.82) is 0 Å². The number of amides is 1. The van der Waals surface area contributed by atoms with Gasteiger partial charge in [0.2, 0.25) is 5.91 Å². The molecule has 0 aromatic heterocycles. The summed E-state index contributed by atoms with van der Waals surface area (Å²) in [5.74, 6) is -0.242. The van der Waals surface area contributed by atoms with E-state index in [1.54, 1.807) is 6.07 Å². The molecule has 15 heavy (non-hydrogen) atoms. The lowest BCUT2D eigenvalue weighted by Crippen LogP contribution is -2.10. The fraction of sp³-hybridized carbons (Fsp3) is 0.300. The Hall–Kier alpha value is -1.91. The summed E-state index contributed by atoms with van der Waals surface area (Å²) in [5.41, 5.74) is 1.43. The Balaban J connectivity index is 2.46. The van der Waals surface area contributed by atoms with Crippen molar-refractivity contribution in [3.8, 4) is 0 Å². The van der Waals surface area contributed by atoms with E-state index >= 15 is 0 Å². The Labute approximate surface area is 86.2 Å². The van der Waals surface area contributed by atoms with Crippen LogP contribution in [0.25, 0.3) is 0 Å². The van der Waals surface area contributed by atoms with Gasteiger partial charge in [0.25, 0.3) is 5.69 Å². The first-order valence-corrected chi connectivity index (χ1v) is 4.72. The van der Waals surface area contributed by atoms with Crippen LogP contribution < -0.4 is 5.32 Å². The lowest BCUT2D eigenvalue weighted by Gasteiger charge is -2.03. The third kappa shape index (κ3) is 1.45. The molecule has 1 N–H and O–H groups in total. The number of nitro groups is 1. The van der Waals surface area contributed by atoms with Crippen molar-refractivity contribution in [2.24, 2.45) is 0 Å². The minimum Gasteiger partial charge on any atom is -0.325 e. The van der Waals surface area contributed by atoms with Gasteiger partial charge in [-0.3, -0.25) is 14.9 Å². The quantitative estimate of drug-likeness (QED) is 0.594. The number of hydrogen-bond acceptors (Lipinski definition) is 3. The van der Waals surface area contributed by atoms with Crippen molar-refractivity contribution in [3.63, 3.8) is 0 Å². The second kappa shape index (κ2) is 3.34. The summed E-state index contributed by atoms with van der Waals surface area (Å²) in [6.45, 7) is 1.92. The zero-order valence-corrected chi connectivity index (χ0v) is 8.19. The summed E-state index contributed by atoms with van der Waals surface area (Å²) in [6, 6.07) is 4.49. The van der Waals surface area contributed by atoms with E-state index in [2.05, 4.69) is 5.32 Å². The van der Waals surface area contributed by atoms with Crippen LogP contribution in [0, 0.1) is 10.1 Å². The molecule has 5 heteroatoms. The van der Waals surface area contributed by atoms with Gasteiger partial charge in [0, 0.05) is 12.1 Å². The van der Waals surface area contributed by atoms with Crippen LogP contribution in [0.2, 0.25) is 0 Å². The molecule has 78 valence electrons. The Morgan fingerprint density at radius 1 is 1.53 bits per heavy atom. The molecule has 1 atom stereocenters. The van der Waals surface area contributed by atoms with Crippen LogP contribution in [0.15, 0.2) is 18.2 Å². The van der Waals surface area contributed by atoms with E-state index in [-0.39, 0.29) is 17.5 Å². The van der Waals surface area contributed by atoms with Gasteiger partial charge in [0.15, 0.2) is 0 Å². The number of rotatable bonds is 2. The minimum atomic E-state index is -0.467. The number of nitro benzene ring substituents is 1. The maximum atomic E-state index is 11.5. The molecule has 0 radical (unpaired) electrons. The first kappa shape index (κ1) is 9.64. The van der Waals surface area contributed by atoms with E-state index in [1.807, 2.05) is 6.92 Å². The van der Waals surface area contributed by atoms with Crippen molar-refractivity contribution >= 4 is 17.3 Å². The summed E-state index contributed by atoms with van der Waals surface area (Å²) >= 11 is 0. The van der Waals surface area contributed by atoms with Crippen molar-refractivity contribution in [2.75, 3.05) is 5.32 Å². The van der Waals surface area contributed by atoms with Crippen LogP contribution in [-0.2, 0) is 4.79 Å². The van der Waals surface area contributed by atoms with Gasteiger partial charge >= 0.3 is 0 Å². The van der Waals surface area contributed by atoms with E-state index in [0.717, 1.165) is 5.56 Å². The smallest absolute Gasteiger partial charge is 0.271 e. The molecule has 1 heterocycles. The maximum absolute atomic E-state index is 11.5. The summed E-state index contributed by atoms with van der Waals surface area (Å²) < 4.78 is 0. The van der Waals surface area contributed by atoms with E-state index in [9.17, 15) is 14.9 Å². The van der Waals surface area contributed by atoms with Crippen molar-refractivity contribution in [3.05, 3.63) is 33.9 Å². The molecule has 1 unspecified atom stereocenters. The second-order valence-electron chi connectivity index (χ2n) is 3.48. The number of anilines is 1. The van der Waals surface area contributed by atoms with Crippen LogP contribution in [0.4, 0.5) is 11.4 Å². The number of carbonyl (C=O) groups is 1. The lowest BCUT2D eigenvalue weighted by atomic mass is 9.98. The fourth-order valence-corrected chi connectivity index (χ4v) is 1.84. The Bertz CT molecular complexity index is 442. The van der Waals surface area contributed by atoms with Crippen LogP contribution >= 0.6 is 0 Å². The normalized spacial score (nSPS) is 18.5. The average Bonchev–Trinajstić information content (AvgIpc) is 2.51. The minimum absolute atomic E-state index is 0.00537. The van der Waals surface area contributed by atoms with Gasteiger partial charge in [-0.25, -0.2) is 0 Å². The SMILES string of the molecule is CCC1C(=O)Nc2cc([N+](=O)[O-])ccc21. The van der Waals surface area contributed by atoms with Crippen molar-refractivity contribution in [1.82, 2.24) is 0 Å². The molecule has 2 rings (SSSR count). The summed E-state index contributed by atoms with van der Waals surface area (Å²) in [4.78, 5) is 21.5. The number of non-ortho nitro benzene ring substituents is 1. The third-order valence-electron chi connectivity index (χ3n) is 2.61. The van der Waals surface area contributed by atoms with Gasteiger partial charge in [-0.2, -0.15) is 0 Å². The molecular weight excluding hydrogens is 196 g/mol. The molecule has 0 aliphatic carbocycles. The van der Waals surface area contributed by atoms with Crippen LogP contribution in [0.1, 0.15) is 24.8 Å². The highest BCUT2D eigenvalue weighted by atomic mass is 16.6. The fourth-order valence-electron chi connectivity index (χ4n) is 1.84. The van der Waals surface area contributed by atoms with Crippen molar-refractivity contribution < 1.29 is 9.72 Å².